The minimum atomic E-state index is 0.100. The van der Waals surface area contributed by atoms with E-state index in [1.807, 2.05) is 17.8 Å². The molecule has 0 bridgehead atoms. The van der Waals surface area contributed by atoms with Gasteiger partial charge < -0.3 is 0 Å². The fourth-order valence-electron chi connectivity index (χ4n) is 1.83. The molecule has 2 aromatic rings. The lowest BCUT2D eigenvalue weighted by atomic mass is 10.2. The number of nitrogens with zero attached hydrogens (tertiary/aromatic N) is 2. The first-order valence-corrected chi connectivity index (χ1v) is 6.83. The Morgan fingerprint density at radius 2 is 2.28 bits per heavy atom. The lowest BCUT2D eigenvalue weighted by molar-refractivity contribution is 0.554. The Bertz CT molecular complexity index is 509. The molecule has 1 atom stereocenters. The van der Waals surface area contributed by atoms with Crippen LogP contribution < -0.4 is 11.3 Å². The number of nitrogens with two attached hydrogens (primary N) is 1. The summed E-state index contributed by atoms with van der Waals surface area (Å²) in [6, 6.07) is 10.6. The number of rotatable bonds is 5. The van der Waals surface area contributed by atoms with Crippen LogP contribution in [0, 0.1) is 6.92 Å². The maximum Gasteiger partial charge on any atom is 0.0722 e. The maximum atomic E-state index is 5.62. The van der Waals surface area contributed by atoms with E-state index in [1.165, 1.54) is 10.5 Å². The van der Waals surface area contributed by atoms with Crippen LogP contribution in [-0.4, -0.2) is 15.5 Å². The number of aromatic nitrogens is 2. The Labute approximate surface area is 112 Å². The highest BCUT2D eigenvalue weighted by atomic mass is 32.2. The highest BCUT2D eigenvalue weighted by molar-refractivity contribution is 7.99. The minimum absolute atomic E-state index is 0.100. The molecule has 3 N–H and O–H groups in total. The average Bonchev–Trinajstić information content (AvgIpc) is 2.77. The first-order valence-electron chi connectivity index (χ1n) is 5.84. The van der Waals surface area contributed by atoms with Crippen LogP contribution in [0.15, 0.2) is 41.4 Å². The van der Waals surface area contributed by atoms with Crippen molar-refractivity contribution >= 4 is 11.8 Å². The minimum Gasteiger partial charge on any atom is -0.271 e. The van der Waals surface area contributed by atoms with Crippen LogP contribution in [0.1, 0.15) is 17.3 Å². The van der Waals surface area contributed by atoms with E-state index in [0.29, 0.717) is 0 Å². The molecule has 1 aromatic carbocycles. The van der Waals surface area contributed by atoms with E-state index in [0.717, 1.165) is 11.4 Å². The summed E-state index contributed by atoms with van der Waals surface area (Å²) in [5, 5.41) is 4.17. The molecular formula is C13H18N4S. The maximum absolute atomic E-state index is 5.62. The second-order valence-corrected chi connectivity index (χ2v) is 5.32. The number of thioether (sulfide) groups is 1. The third-order valence-corrected chi connectivity index (χ3v) is 3.91. The molecule has 5 heteroatoms. The van der Waals surface area contributed by atoms with Gasteiger partial charge in [0.05, 0.1) is 11.7 Å². The van der Waals surface area contributed by atoms with Gasteiger partial charge in [0.25, 0.3) is 0 Å². The molecular weight excluding hydrogens is 244 g/mol. The summed E-state index contributed by atoms with van der Waals surface area (Å²) < 4.78 is 1.85. The number of aryl methyl sites for hydroxylation is 2. The normalized spacial score (nSPS) is 12.6. The Hall–Kier alpha value is -1.30. The monoisotopic (exact) mass is 262 g/mol. The van der Waals surface area contributed by atoms with Crippen molar-refractivity contribution < 1.29 is 0 Å². The fraction of sp³-hybridized carbons (Fsp3) is 0.308. The van der Waals surface area contributed by atoms with Crippen LogP contribution in [0.3, 0.4) is 0 Å². The Balaban J connectivity index is 2.02. The first kappa shape index (κ1) is 13.1. The number of hydrogen-bond acceptors (Lipinski definition) is 4. The molecule has 0 saturated carbocycles. The summed E-state index contributed by atoms with van der Waals surface area (Å²) in [7, 11) is 1.93. The average molecular weight is 262 g/mol. The number of benzene rings is 1. The van der Waals surface area contributed by atoms with Gasteiger partial charge >= 0.3 is 0 Å². The van der Waals surface area contributed by atoms with Crippen molar-refractivity contribution in [3.8, 4) is 0 Å². The molecule has 0 aliphatic carbocycles. The van der Waals surface area contributed by atoms with Gasteiger partial charge in [0.1, 0.15) is 0 Å². The van der Waals surface area contributed by atoms with Gasteiger partial charge in [0.2, 0.25) is 0 Å². The summed E-state index contributed by atoms with van der Waals surface area (Å²) in [5.41, 5.74) is 5.22. The summed E-state index contributed by atoms with van der Waals surface area (Å²) in [6.07, 6.45) is 1.79. The summed E-state index contributed by atoms with van der Waals surface area (Å²) in [6.45, 7) is 2.10. The summed E-state index contributed by atoms with van der Waals surface area (Å²) in [4.78, 5) is 1.26. The first-order chi connectivity index (χ1) is 8.70. The SMILES string of the molecule is Cc1cccc(SCC(NN)c2ccnn2C)c1. The van der Waals surface area contributed by atoms with Gasteiger partial charge in [-0.25, -0.2) is 0 Å². The van der Waals surface area contributed by atoms with Crippen molar-refractivity contribution in [2.45, 2.75) is 17.9 Å². The van der Waals surface area contributed by atoms with Crippen LogP contribution in [0.2, 0.25) is 0 Å². The van der Waals surface area contributed by atoms with Gasteiger partial charge in [-0.05, 0) is 25.1 Å². The third kappa shape index (κ3) is 3.13. The molecule has 0 saturated heterocycles. The van der Waals surface area contributed by atoms with E-state index in [1.54, 1.807) is 18.0 Å². The summed E-state index contributed by atoms with van der Waals surface area (Å²) >= 11 is 1.79. The van der Waals surface area contributed by atoms with Crippen molar-refractivity contribution in [1.29, 1.82) is 0 Å². The molecule has 96 valence electrons. The molecule has 18 heavy (non-hydrogen) atoms. The summed E-state index contributed by atoms with van der Waals surface area (Å²) in [5.74, 6) is 6.50. The zero-order valence-electron chi connectivity index (χ0n) is 10.6. The Morgan fingerprint density at radius 1 is 1.44 bits per heavy atom. The van der Waals surface area contributed by atoms with Crippen molar-refractivity contribution in [3.63, 3.8) is 0 Å². The lowest BCUT2D eigenvalue weighted by Gasteiger charge is -2.15. The van der Waals surface area contributed by atoms with Gasteiger partial charge in [-0.15, -0.1) is 11.8 Å². The van der Waals surface area contributed by atoms with Gasteiger partial charge in [0.15, 0.2) is 0 Å². The molecule has 0 radical (unpaired) electrons. The molecule has 0 aliphatic heterocycles. The fourth-order valence-corrected chi connectivity index (χ4v) is 2.90. The van der Waals surface area contributed by atoms with E-state index in [4.69, 9.17) is 5.84 Å². The van der Waals surface area contributed by atoms with E-state index in [-0.39, 0.29) is 6.04 Å². The van der Waals surface area contributed by atoms with E-state index in [9.17, 15) is 0 Å². The van der Waals surface area contributed by atoms with Crippen molar-refractivity contribution in [2.75, 3.05) is 5.75 Å². The topological polar surface area (TPSA) is 55.9 Å². The Kier molecular flexibility index (Phi) is 4.41. The smallest absolute Gasteiger partial charge is 0.0722 e. The van der Waals surface area contributed by atoms with Crippen molar-refractivity contribution in [2.24, 2.45) is 12.9 Å². The quantitative estimate of drug-likeness (QED) is 0.492. The molecule has 0 fully saturated rings. The lowest BCUT2D eigenvalue weighted by Crippen LogP contribution is -2.31. The molecule has 0 amide bonds. The van der Waals surface area contributed by atoms with Gasteiger partial charge in [-0.3, -0.25) is 16.0 Å². The van der Waals surface area contributed by atoms with E-state index < -0.39 is 0 Å². The predicted octanol–water partition coefficient (Wildman–Crippen LogP) is 2.03. The van der Waals surface area contributed by atoms with Crippen LogP contribution in [0.5, 0.6) is 0 Å². The van der Waals surface area contributed by atoms with Crippen LogP contribution in [-0.2, 0) is 7.05 Å². The van der Waals surface area contributed by atoms with Gasteiger partial charge in [0, 0.05) is 23.9 Å². The van der Waals surface area contributed by atoms with Crippen molar-refractivity contribution in [1.82, 2.24) is 15.2 Å². The highest BCUT2D eigenvalue weighted by Gasteiger charge is 2.13. The Morgan fingerprint density at radius 3 is 2.89 bits per heavy atom. The number of hydrogen-bond donors (Lipinski definition) is 2. The van der Waals surface area contributed by atoms with Crippen LogP contribution in [0.25, 0.3) is 0 Å². The zero-order valence-corrected chi connectivity index (χ0v) is 11.4. The molecule has 1 unspecified atom stereocenters. The van der Waals surface area contributed by atoms with Gasteiger partial charge in [-0.1, -0.05) is 17.7 Å². The highest BCUT2D eigenvalue weighted by Crippen LogP contribution is 2.24. The van der Waals surface area contributed by atoms with E-state index >= 15 is 0 Å². The standard InChI is InChI=1S/C13H18N4S/c1-10-4-3-5-11(8-10)18-9-12(16-14)13-6-7-15-17(13)2/h3-8,12,16H,9,14H2,1-2H3. The van der Waals surface area contributed by atoms with Crippen molar-refractivity contribution in [3.05, 3.63) is 47.8 Å². The third-order valence-electron chi connectivity index (χ3n) is 2.82. The molecule has 1 heterocycles. The zero-order chi connectivity index (χ0) is 13.0. The second-order valence-electron chi connectivity index (χ2n) is 4.23. The molecule has 4 nitrogen and oxygen atoms in total. The van der Waals surface area contributed by atoms with Gasteiger partial charge in [-0.2, -0.15) is 5.10 Å². The second kappa shape index (κ2) is 6.04. The molecule has 1 aromatic heterocycles. The predicted molar refractivity (Wildman–Crippen MR) is 75.2 cm³/mol. The number of hydrazine groups is 1. The molecule has 2 rings (SSSR count). The molecule has 0 spiro atoms. The molecule has 0 aliphatic rings. The van der Waals surface area contributed by atoms with Crippen LogP contribution in [0.4, 0.5) is 0 Å². The van der Waals surface area contributed by atoms with E-state index in [2.05, 4.69) is 41.7 Å². The van der Waals surface area contributed by atoms with Crippen LogP contribution >= 0.6 is 11.8 Å². The largest absolute Gasteiger partial charge is 0.271 e. The number of nitrogens with one attached hydrogen (secondary N) is 1.